The molecule has 0 saturated carbocycles. The van der Waals surface area contributed by atoms with Gasteiger partial charge in [-0.05, 0) is 54.5 Å². The number of carbonyl (C=O) groups is 1. The third-order valence-electron chi connectivity index (χ3n) is 2.89. The van der Waals surface area contributed by atoms with Crippen molar-refractivity contribution >= 4 is 42.4 Å². The quantitative estimate of drug-likeness (QED) is 0.261. The Bertz CT molecular complexity index is 603. The average molecular weight is 459 g/mol. The summed E-state index contributed by atoms with van der Waals surface area (Å²) in [7, 11) is -1.25. The van der Waals surface area contributed by atoms with Crippen molar-refractivity contribution in [1.82, 2.24) is 0 Å². The molecule has 4 nitrogen and oxygen atoms in total. The largest absolute Gasteiger partial charge is 0.492 e. The maximum Gasteiger partial charge on any atom is 0.411 e. The Morgan fingerprint density at radius 1 is 1.29 bits per heavy atom. The molecule has 0 atom stereocenters. The Hall–Kier alpha value is -1.20. The number of nitrogens with one attached hydrogen (secondary N) is 1. The minimum Gasteiger partial charge on any atom is -0.492 e. The van der Waals surface area contributed by atoms with Crippen molar-refractivity contribution in [1.29, 1.82) is 0 Å². The Labute approximate surface area is 159 Å². The van der Waals surface area contributed by atoms with Crippen LogP contribution in [0.5, 0.6) is 5.75 Å². The molecular weight excluding hydrogens is 433 g/mol. The van der Waals surface area contributed by atoms with E-state index in [1.165, 1.54) is 0 Å². The van der Waals surface area contributed by atoms with Crippen LogP contribution in [0.4, 0.5) is 10.5 Å². The summed E-state index contributed by atoms with van der Waals surface area (Å²) in [6.45, 7) is 9.53. The molecule has 1 aromatic carbocycles. The molecule has 1 aromatic rings. The van der Waals surface area contributed by atoms with Crippen LogP contribution in [0.2, 0.25) is 19.6 Å². The highest BCUT2D eigenvalue weighted by Gasteiger charge is 2.10. The summed E-state index contributed by atoms with van der Waals surface area (Å²) in [5, 5.41) is 2.72. The molecule has 1 N–H and O–H groups in total. The van der Waals surface area contributed by atoms with Crippen molar-refractivity contribution in [2.75, 3.05) is 18.5 Å². The fraction of sp³-hybridized carbons (Fsp3) is 0.500. The zero-order chi connectivity index (χ0) is 18.0. The summed E-state index contributed by atoms with van der Waals surface area (Å²) >= 11 is 2.17. The maximum atomic E-state index is 11.5. The predicted molar refractivity (Wildman–Crippen MR) is 110 cm³/mol. The maximum absolute atomic E-state index is 11.5. The first-order valence-corrected chi connectivity index (χ1v) is 12.8. The first-order valence-electron chi connectivity index (χ1n) is 8.18. The van der Waals surface area contributed by atoms with E-state index in [-0.39, 0.29) is 0 Å². The zero-order valence-electron chi connectivity index (χ0n) is 14.9. The van der Waals surface area contributed by atoms with E-state index in [0.29, 0.717) is 18.9 Å². The number of hydrogen-bond acceptors (Lipinski definition) is 3. The molecule has 0 aliphatic heterocycles. The van der Waals surface area contributed by atoms with Crippen LogP contribution >= 0.6 is 22.6 Å². The molecule has 6 heteroatoms. The average Bonchev–Trinajstić information content (AvgIpc) is 2.49. The molecule has 24 heavy (non-hydrogen) atoms. The van der Waals surface area contributed by atoms with Crippen molar-refractivity contribution in [3.8, 4) is 17.2 Å². The second-order valence-corrected chi connectivity index (χ2v) is 12.1. The van der Waals surface area contributed by atoms with Gasteiger partial charge in [0.2, 0.25) is 0 Å². The first-order chi connectivity index (χ1) is 11.3. The molecule has 0 saturated heterocycles. The number of hydrogen-bond donors (Lipinski definition) is 1. The first kappa shape index (κ1) is 20.8. The van der Waals surface area contributed by atoms with Gasteiger partial charge in [0, 0.05) is 6.42 Å². The molecule has 1 rings (SSSR count). The highest BCUT2D eigenvalue weighted by atomic mass is 127. The summed E-state index contributed by atoms with van der Waals surface area (Å²) in [6, 6.07) is 5.60. The molecule has 0 radical (unpaired) electrons. The molecule has 0 aliphatic carbocycles. The van der Waals surface area contributed by atoms with Crippen molar-refractivity contribution < 1.29 is 14.3 Å². The fourth-order valence-electron chi connectivity index (χ4n) is 1.82. The van der Waals surface area contributed by atoms with E-state index in [4.69, 9.17) is 9.47 Å². The van der Waals surface area contributed by atoms with Crippen LogP contribution in [-0.4, -0.2) is 27.4 Å². The summed E-state index contributed by atoms with van der Waals surface area (Å²) in [6.07, 6.45) is 2.48. The third kappa shape index (κ3) is 8.59. The summed E-state index contributed by atoms with van der Waals surface area (Å²) in [4.78, 5) is 11.5. The van der Waals surface area contributed by atoms with E-state index in [1.807, 2.05) is 18.2 Å². The summed E-state index contributed by atoms with van der Waals surface area (Å²) in [5.41, 5.74) is 4.07. The Morgan fingerprint density at radius 2 is 2.04 bits per heavy atom. The van der Waals surface area contributed by atoms with Gasteiger partial charge in [0.05, 0.1) is 22.5 Å². The Balaban J connectivity index is 2.43. The Morgan fingerprint density at radius 3 is 2.71 bits per heavy atom. The van der Waals surface area contributed by atoms with Crippen molar-refractivity contribution in [3.63, 3.8) is 0 Å². The Kier molecular flexibility index (Phi) is 9.22. The number of ether oxygens (including phenoxy) is 2. The van der Waals surface area contributed by atoms with Gasteiger partial charge in [-0.3, -0.25) is 5.32 Å². The normalized spacial score (nSPS) is 10.5. The van der Waals surface area contributed by atoms with Crippen molar-refractivity contribution in [2.45, 2.75) is 45.8 Å². The number of halogens is 1. The number of amides is 1. The van der Waals surface area contributed by atoms with E-state index in [1.54, 1.807) is 6.92 Å². The summed E-state index contributed by atoms with van der Waals surface area (Å²) in [5.74, 6) is 4.05. The monoisotopic (exact) mass is 459 g/mol. The molecule has 0 fully saturated rings. The standard InChI is InChI=1S/C18H26INO3Si/c1-5-22-18(21)20-15-11-10-12-16(17(15)19)23-13-8-6-7-9-14-24(2,3)4/h10-12H,5-8,13H2,1-4H3,(H,20,21). The molecule has 1 amide bonds. The van der Waals surface area contributed by atoms with Gasteiger partial charge in [0.15, 0.2) is 0 Å². The lowest BCUT2D eigenvalue weighted by Crippen LogP contribution is -2.16. The lowest BCUT2D eigenvalue weighted by atomic mass is 10.2. The van der Waals surface area contributed by atoms with Gasteiger partial charge in [-0.15, -0.1) is 11.5 Å². The van der Waals surface area contributed by atoms with Crippen LogP contribution in [0.25, 0.3) is 0 Å². The third-order valence-corrected chi connectivity index (χ3v) is 4.93. The fourth-order valence-corrected chi connectivity index (χ4v) is 3.13. The molecular formula is C18H26INO3Si. The number of rotatable bonds is 7. The van der Waals surface area contributed by atoms with Gasteiger partial charge < -0.3 is 9.47 Å². The van der Waals surface area contributed by atoms with Crippen molar-refractivity contribution in [3.05, 3.63) is 21.8 Å². The highest BCUT2D eigenvalue weighted by Crippen LogP contribution is 2.28. The van der Waals surface area contributed by atoms with Crippen molar-refractivity contribution in [2.24, 2.45) is 0 Å². The van der Waals surface area contributed by atoms with E-state index < -0.39 is 14.2 Å². The van der Waals surface area contributed by atoms with E-state index in [0.717, 1.165) is 28.6 Å². The zero-order valence-corrected chi connectivity index (χ0v) is 18.0. The van der Waals surface area contributed by atoms with Crippen LogP contribution in [-0.2, 0) is 4.74 Å². The lowest BCUT2D eigenvalue weighted by molar-refractivity contribution is 0.168. The van der Waals surface area contributed by atoms with Gasteiger partial charge in [-0.2, -0.15) is 0 Å². The van der Waals surface area contributed by atoms with Crippen LogP contribution in [0.3, 0.4) is 0 Å². The molecule has 132 valence electrons. The van der Waals surface area contributed by atoms with Crippen LogP contribution in [0, 0.1) is 15.0 Å². The molecule has 0 aliphatic rings. The van der Waals surface area contributed by atoms with E-state index in [2.05, 4.69) is 59.0 Å². The molecule has 0 unspecified atom stereocenters. The second-order valence-electron chi connectivity index (χ2n) is 6.32. The highest BCUT2D eigenvalue weighted by molar-refractivity contribution is 14.1. The summed E-state index contributed by atoms with van der Waals surface area (Å²) < 4.78 is 11.6. The van der Waals surface area contributed by atoms with Gasteiger partial charge in [0.25, 0.3) is 0 Å². The minimum absolute atomic E-state index is 0.346. The topological polar surface area (TPSA) is 47.6 Å². The van der Waals surface area contributed by atoms with Gasteiger partial charge in [-0.1, -0.05) is 25.7 Å². The second kappa shape index (κ2) is 10.6. The van der Waals surface area contributed by atoms with Gasteiger partial charge >= 0.3 is 6.09 Å². The lowest BCUT2D eigenvalue weighted by Gasteiger charge is -2.12. The predicted octanol–water partition coefficient (Wildman–Crippen LogP) is 5.29. The van der Waals surface area contributed by atoms with E-state index in [9.17, 15) is 4.79 Å². The molecule has 0 heterocycles. The molecule has 0 bridgehead atoms. The van der Waals surface area contributed by atoms with E-state index >= 15 is 0 Å². The number of unbranched alkanes of at least 4 members (excludes halogenated alkanes) is 2. The van der Waals surface area contributed by atoms with Gasteiger partial charge in [0.1, 0.15) is 13.8 Å². The molecule has 0 spiro atoms. The number of anilines is 1. The van der Waals surface area contributed by atoms with Crippen LogP contribution in [0.1, 0.15) is 26.2 Å². The molecule has 0 aromatic heterocycles. The van der Waals surface area contributed by atoms with Crippen LogP contribution in [0.15, 0.2) is 18.2 Å². The van der Waals surface area contributed by atoms with Crippen LogP contribution < -0.4 is 10.1 Å². The van der Waals surface area contributed by atoms with Gasteiger partial charge in [-0.25, -0.2) is 4.79 Å². The number of benzene rings is 1. The smallest absolute Gasteiger partial charge is 0.411 e. The SMILES string of the molecule is CCOC(=O)Nc1cccc(OCCCCC#C[Si](C)(C)C)c1I. The number of carbonyl (C=O) groups excluding carboxylic acids is 1. The minimum atomic E-state index is -1.25.